The second-order valence-corrected chi connectivity index (χ2v) is 5.71. The lowest BCUT2D eigenvalue weighted by molar-refractivity contribution is 0.00560. The Bertz CT molecular complexity index is 569. The number of likely N-dealkylation sites (N-methyl/N-ethyl adjacent to an activating group) is 1. The maximum Gasteiger partial charge on any atom is 0.137 e. The average molecular weight is 288 g/mol. The topological polar surface area (TPSA) is 12.5 Å². The Labute approximate surface area is 124 Å². The lowest BCUT2D eigenvalue weighted by Gasteiger charge is -2.21. The van der Waals surface area contributed by atoms with Crippen LogP contribution in [0.15, 0.2) is 54.6 Å². The molecule has 3 heteroatoms. The van der Waals surface area contributed by atoms with E-state index >= 15 is 0 Å². The lowest BCUT2D eigenvalue weighted by atomic mass is 10.0. The first kappa shape index (κ1) is 13.6. The normalized spacial score (nSPS) is 26.9. The first-order valence-corrected chi connectivity index (χ1v) is 7.22. The van der Waals surface area contributed by atoms with Crippen molar-refractivity contribution in [2.24, 2.45) is 0 Å². The van der Waals surface area contributed by atoms with Gasteiger partial charge in [-0.25, -0.2) is 0 Å². The molecular weight excluding hydrogens is 270 g/mol. The summed E-state index contributed by atoms with van der Waals surface area (Å²) >= 11 is 5.95. The molecule has 0 aromatic heterocycles. The third kappa shape index (κ3) is 2.47. The smallest absolute Gasteiger partial charge is 0.137 e. The van der Waals surface area contributed by atoms with Crippen molar-refractivity contribution in [3.05, 3.63) is 70.7 Å². The number of benzene rings is 2. The van der Waals surface area contributed by atoms with Gasteiger partial charge in [0.05, 0.1) is 0 Å². The van der Waals surface area contributed by atoms with Gasteiger partial charge in [0.25, 0.3) is 0 Å². The molecule has 0 saturated carbocycles. The molecule has 1 saturated heterocycles. The molecule has 0 unspecified atom stereocenters. The summed E-state index contributed by atoms with van der Waals surface area (Å²) in [5.74, 6) is 0. The molecule has 0 aliphatic carbocycles. The van der Waals surface area contributed by atoms with Crippen molar-refractivity contribution >= 4 is 11.6 Å². The molecule has 0 bridgehead atoms. The molecule has 1 aliphatic heterocycles. The highest BCUT2D eigenvalue weighted by Crippen LogP contribution is 2.41. The van der Waals surface area contributed by atoms with Crippen LogP contribution in [0, 0.1) is 0 Å². The van der Waals surface area contributed by atoms with Gasteiger partial charge in [0.1, 0.15) is 12.3 Å². The van der Waals surface area contributed by atoms with E-state index in [0.717, 1.165) is 10.6 Å². The first-order valence-electron chi connectivity index (χ1n) is 6.84. The van der Waals surface area contributed by atoms with Crippen LogP contribution in [0.5, 0.6) is 0 Å². The summed E-state index contributed by atoms with van der Waals surface area (Å²) < 4.78 is 6.28. The van der Waals surface area contributed by atoms with E-state index in [-0.39, 0.29) is 12.3 Å². The zero-order valence-corrected chi connectivity index (χ0v) is 12.4. The number of hydrogen-bond donors (Lipinski definition) is 0. The third-order valence-electron chi connectivity index (χ3n) is 4.01. The Morgan fingerprint density at radius 3 is 2.25 bits per heavy atom. The maximum atomic E-state index is 6.28. The van der Waals surface area contributed by atoms with Crippen LogP contribution in [0.3, 0.4) is 0 Å². The van der Waals surface area contributed by atoms with E-state index in [1.54, 1.807) is 0 Å². The standard InChI is InChI=1S/C17H18ClNO/c1-12-16(13-6-4-3-5-7-13)20-17(19(12)2)14-8-10-15(18)11-9-14/h3-12,16-17H,1-2H3/t12-,16-,17+/m1/s1. The van der Waals surface area contributed by atoms with Gasteiger partial charge in [-0.1, -0.05) is 54.1 Å². The Morgan fingerprint density at radius 2 is 1.60 bits per heavy atom. The Hall–Kier alpha value is -1.35. The molecular formula is C17H18ClNO. The van der Waals surface area contributed by atoms with E-state index in [9.17, 15) is 0 Å². The van der Waals surface area contributed by atoms with Crippen LogP contribution in [0.2, 0.25) is 5.02 Å². The zero-order valence-electron chi connectivity index (χ0n) is 11.7. The van der Waals surface area contributed by atoms with E-state index in [4.69, 9.17) is 16.3 Å². The van der Waals surface area contributed by atoms with Crippen LogP contribution in [-0.2, 0) is 4.74 Å². The molecule has 0 spiro atoms. The van der Waals surface area contributed by atoms with Gasteiger partial charge in [-0.3, -0.25) is 4.90 Å². The first-order chi connectivity index (χ1) is 9.66. The molecule has 2 nitrogen and oxygen atoms in total. The van der Waals surface area contributed by atoms with Crippen molar-refractivity contribution in [2.75, 3.05) is 7.05 Å². The number of ether oxygens (including phenoxy) is 1. The highest BCUT2D eigenvalue weighted by molar-refractivity contribution is 6.30. The molecule has 0 amide bonds. The largest absolute Gasteiger partial charge is 0.349 e. The fourth-order valence-corrected chi connectivity index (χ4v) is 2.84. The minimum Gasteiger partial charge on any atom is -0.349 e. The summed E-state index contributed by atoms with van der Waals surface area (Å²) in [7, 11) is 2.10. The van der Waals surface area contributed by atoms with Crippen molar-refractivity contribution < 1.29 is 4.74 Å². The minimum atomic E-state index is -0.0209. The predicted molar refractivity (Wildman–Crippen MR) is 81.7 cm³/mol. The summed E-state index contributed by atoms with van der Waals surface area (Å²) in [6.07, 6.45) is 0.0781. The molecule has 3 rings (SSSR count). The van der Waals surface area contributed by atoms with Gasteiger partial charge >= 0.3 is 0 Å². The van der Waals surface area contributed by atoms with Crippen molar-refractivity contribution in [3.63, 3.8) is 0 Å². The van der Waals surface area contributed by atoms with Crippen LogP contribution in [0.4, 0.5) is 0 Å². The van der Waals surface area contributed by atoms with Crippen LogP contribution < -0.4 is 0 Å². The molecule has 1 heterocycles. The van der Waals surface area contributed by atoms with Gasteiger partial charge in [0.2, 0.25) is 0 Å². The van der Waals surface area contributed by atoms with Crippen molar-refractivity contribution in [2.45, 2.75) is 25.3 Å². The number of hydrogen-bond acceptors (Lipinski definition) is 2. The quantitative estimate of drug-likeness (QED) is 0.810. The van der Waals surface area contributed by atoms with Gasteiger partial charge < -0.3 is 4.74 Å². The summed E-state index contributed by atoms with van der Waals surface area (Å²) in [6, 6.07) is 18.6. The maximum absolute atomic E-state index is 6.28. The number of rotatable bonds is 2. The molecule has 2 aromatic rings. The molecule has 0 N–H and O–H groups in total. The second-order valence-electron chi connectivity index (χ2n) is 5.28. The van der Waals surface area contributed by atoms with E-state index in [0.29, 0.717) is 6.04 Å². The van der Waals surface area contributed by atoms with Crippen molar-refractivity contribution in [1.29, 1.82) is 0 Å². The monoisotopic (exact) mass is 287 g/mol. The van der Waals surface area contributed by atoms with E-state index in [1.165, 1.54) is 5.56 Å². The molecule has 2 aromatic carbocycles. The zero-order chi connectivity index (χ0) is 14.1. The predicted octanol–water partition coefficient (Wildman–Crippen LogP) is 4.43. The fraction of sp³-hybridized carbons (Fsp3) is 0.294. The summed E-state index contributed by atoms with van der Waals surface area (Å²) in [6.45, 7) is 2.20. The van der Waals surface area contributed by atoms with Gasteiger partial charge in [0.15, 0.2) is 0 Å². The average Bonchev–Trinajstić information content (AvgIpc) is 2.77. The third-order valence-corrected chi connectivity index (χ3v) is 4.26. The summed E-state index contributed by atoms with van der Waals surface area (Å²) in [5, 5.41) is 0.752. The Morgan fingerprint density at radius 1 is 0.950 bits per heavy atom. The second kappa shape index (κ2) is 5.57. The van der Waals surface area contributed by atoms with Gasteiger partial charge in [0, 0.05) is 11.1 Å². The minimum absolute atomic E-state index is 0.0209. The number of halogens is 1. The molecule has 0 radical (unpaired) electrons. The highest BCUT2D eigenvalue weighted by atomic mass is 35.5. The Kier molecular flexibility index (Phi) is 3.79. The fourth-order valence-electron chi connectivity index (χ4n) is 2.72. The molecule has 1 aliphatic rings. The highest BCUT2D eigenvalue weighted by Gasteiger charge is 2.38. The molecule has 20 heavy (non-hydrogen) atoms. The van der Waals surface area contributed by atoms with E-state index < -0.39 is 0 Å². The van der Waals surface area contributed by atoms with Crippen LogP contribution >= 0.6 is 11.6 Å². The summed E-state index contributed by atoms with van der Waals surface area (Å²) in [5.41, 5.74) is 2.37. The van der Waals surface area contributed by atoms with Crippen molar-refractivity contribution in [1.82, 2.24) is 4.90 Å². The molecule has 3 atom stereocenters. The van der Waals surface area contributed by atoms with Crippen molar-refractivity contribution in [3.8, 4) is 0 Å². The van der Waals surface area contributed by atoms with Crippen LogP contribution in [0.25, 0.3) is 0 Å². The van der Waals surface area contributed by atoms with E-state index in [2.05, 4.69) is 43.1 Å². The van der Waals surface area contributed by atoms with Crippen LogP contribution in [-0.4, -0.2) is 18.0 Å². The summed E-state index contributed by atoms with van der Waals surface area (Å²) in [4.78, 5) is 2.26. The lowest BCUT2D eigenvalue weighted by Crippen LogP contribution is -2.27. The van der Waals surface area contributed by atoms with Gasteiger partial charge in [-0.05, 0) is 37.2 Å². The number of nitrogens with zero attached hydrogens (tertiary/aromatic N) is 1. The SMILES string of the molecule is C[C@@H]1[C@H](c2ccccc2)O[C@@H](c2ccc(Cl)cc2)N1C. The van der Waals surface area contributed by atoms with Crippen LogP contribution in [0.1, 0.15) is 30.4 Å². The van der Waals surface area contributed by atoms with E-state index in [1.807, 2.05) is 30.3 Å². The Balaban J connectivity index is 1.87. The molecule has 104 valence electrons. The van der Waals surface area contributed by atoms with Gasteiger partial charge in [-0.15, -0.1) is 0 Å². The molecule has 1 fully saturated rings. The van der Waals surface area contributed by atoms with Gasteiger partial charge in [-0.2, -0.15) is 0 Å².